The Hall–Kier alpha value is -1.88. The molecule has 2 rings (SSSR count). The molecule has 1 aromatic rings. The van der Waals surface area contributed by atoms with Crippen LogP contribution in [0.5, 0.6) is 0 Å². The molecule has 1 N–H and O–H groups in total. The minimum atomic E-state index is -0.178. The van der Waals surface area contributed by atoms with Crippen LogP contribution in [0.25, 0.3) is 0 Å². The smallest absolute Gasteiger partial charge is 0.302 e. The second-order valence-electron chi connectivity index (χ2n) is 9.47. The highest BCUT2D eigenvalue weighted by Gasteiger charge is 2.36. The molecule has 1 fully saturated rings. The number of unbranched alkanes of at least 4 members (excludes halogenated alkanes) is 9. The number of hydrogen-bond acceptors (Lipinski definition) is 4. The molecule has 1 aliphatic heterocycles. The normalized spacial score (nSPS) is 18.0. The number of ether oxygens (including phenoxy) is 2. The van der Waals surface area contributed by atoms with Gasteiger partial charge in [-0.3, -0.25) is 9.59 Å². The van der Waals surface area contributed by atoms with Gasteiger partial charge < -0.3 is 14.8 Å². The second kappa shape index (κ2) is 16.7. The quantitative estimate of drug-likeness (QED) is 0.143. The maximum atomic E-state index is 12.1. The molecule has 0 saturated carbocycles. The van der Waals surface area contributed by atoms with Gasteiger partial charge >= 0.3 is 5.97 Å². The van der Waals surface area contributed by atoms with E-state index >= 15 is 0 Å². The highest BCUT2D eigenvalue weighted by molar-refractivity contribution is 5.76. The SMILES string of the molecule is CC(=O)OCCCCCCCC[C@@H]1O[C@@H]1CCCCCCCC(=O)NC(C)c1ccccc1. The zero-order valence-corrected chi connectivity index (χ0v) is 20.9. The molecule has 1 aliphatic rings. The van der Waals surface area contributed by atoms with Crippen molar-refractivity contribution in [1.29, 1.82) is 0 Å². The Morgan fingerprint density at radius 3 is 2.00 bits per heavy atom. The van der Waals surface area contributed by atoms with E-state index in [4.69, 9.17) is 9.47 Å². The van der Waals surface area contributed by atoms with Gasteiger partial charge in [0.2, 0.25) is 5.91 Å². The van der Waals surface area contributed by atoms with Crippen LogP contribution in [0.2, 0.25) is 0 Å². The van der Waals surface area contributed by atoms with E-state index in [1.165, 1.54) is 64.7 Å². The molecule has 1 aromatic carbocycles. The summed E-state index contributed by atoms with van der Waals surface area (Å²) in [5.41, 5.74) is 1.15. The molecule has 33 heavy (non-hydrogen) atoms. The van der Waals surface area contributed by atoms with Gasteiger partial charge in [0.05, 0.1) is 24.9 Å². The Balaban J connectivity index is 1.32. The van der Waals surface area contributed by atoms with Crippen LogP contribution < -0.4 is 5.32 Å². The Kier molecular flexibility index (Phi) is 13.8. The number of benzene rings is 1. The fraction of sp³-hybridized carbons (Fsp3) is 0.714. The second-order valence-corrected chi connectivity index (χ2v) is 9.47. The summed E-state index contributed by atoms with van der Waals surface area (Å²) in [7, 11) is 0. The largest absolute Gasteiger partial charge is 0.466 e. The van der Waals surface area contributed by atoms with Gasteiger partial charge in [-0.25, -0.2) is 0 Å². The number of nitrogens with one attached hydrogen (secondary N) is 1. The van der Waals surface area contributed by atoms with Crippen molar-refractivity contribution in [2.24, 2.45) is 0 Å². The zero-order chi connectivity index (χ0) is 23.7. The van der Waals surface area contributed by atoms with Gasteiger partial charge in [-0.2, -0.15) is 0 Å². The molecule has 1 amide bonds. The molecule has 0 bridgehead atoms. The predicted molar refractivity (Wildman–Crippen MR) is 133 cm³/mol. The monoisotopic (exact) mass is 459 g/mol. The maximum absolute atomic E-state index is 12.1. The minimum Gasteiger partial charge on any atom is -0.466 e. The topological polar surface area (TPSA) is 67.9 Å². The summed E-state index contributed by atoms with van der Waals surface area (Å²) in [5, 5.41) is 3.09. The summed E-state index contributed by atoms with van der Waals surface area (Å²) < 4.78 is 10.8. The fourth-order valence-corrected chi connectivity index (χ4v) is 4.36. The zero-order valence-electron chi connectivity index (χ0n) is 20.9. The number of carbonyl (C=O) groups excluding carboxylic acids is 2. The van der Waals surface area contributed by atoms with Crippen molar-refractivity contribution in [1.82, 2.24) is 5.32 Å². The third-order valence-electron chi connectivity index (χ3n) is 6.45. The summed E-state index contributed by atoms with van der Waals surface area (Å²) >= 11 is 0. The Morgan fingerprint density at radius 1 is 0.848 bits per heavy atom. The molecule has 1 heterocycles. The standard InChI is InChI=1S/C28H45NO4/c1-23(25-17-11-10-12-18-25)29-28(31)21-15-8-5-7-14-20-27-26(33-27)19-13-6-3-4-9-16-22-32-24(2)30/h10-12,17-18,23,26-27H,3-9,13-16,19-22H2,1-2H3,(H,29,31)/t23?,26-,27+/m0/s1. The van der Waals surface area contributed by atoms with Crippen molar-refractivity contribution >= 4 is 11.9 Å². The number of esters is 1. The summed E-state index contributed by atoms with van der Waals surface area (Å²) in [6, 6.07) is 10.2. The summed E-state index contributed by atoms with van der Waals surface area (Å²) in [6.07, 6.45) is 17.0. The van der Waals surface area contributed by atoms with Crippen molar-refractivity contribution < 1.29 is 19.1 Å². The van der Waals surface area contributed by atoms with Crippen LogP contribution in [0.1, 0.15) is 115 Å². The number of carbonyl (C=O) groups is 2. The lowest BCUT2D eigenvalue weighted by Crippen LogP contribution is -2.26. The lowest BCUT2D eigenvalue weighted by Gasteiger charge is -2.14. The first-order valence-corrected chi connectivity index (χ1v) is 13.2. The van der Waals surface area contributed by atoms with Crippen molar-refractivity contribution in [2.45, 2.75) is 122 Å². The van der Waals surface area contributed by atoms with Gasteiger partial charge in [-0.1, -0.05) is 88.1 Å². The number of rotatable bonds is 19. The van der Waals surface area contributed by atoms with Crippen LogP contribution >= 0.6 is 0 Å². The van der Waals surface area contributed by atoms with Crippen molar-refractivity contribution in [3.63, 3.8) is 0 Å². The molecule has 3 atom stereocenters. The number of epoxide rings is 1. The number of amides is 1. The molecule has 0 aliphatic carbocycles. The fourth-order valence-electron chi connectivity index (χ4n) is 4.36. The number of hydrogen-bond donors (Lipinski definition) is 1. The molecule has 1 unspecified atom stereocenters. The molecule has 186 valence electrons. The van der Waals surface area contributed by atoms with Crippen LogP contribution in [-0.4, -0.2) is 30.7 Å². The van der Waals surface area contributed by atoms with Crippen LogP contribution in [0.4, 0.5) is 0 Å². The third-order valence-corrected chi connectivity index (χ3v) is 6.45. The first-order chi connectivity index (χ1) is 16.1. The Morgan fingerprint density at radius 2 is 1.39 bits per heavy atom. The Labute approximate surface area is 201 Å². The van der Waals surface area contributed by atoms with Crippen molar-refractivity contribution in [3.05, 3.63) is 35.9 Å². The van der Waals surface area contributed by atoms with Crippen molar-refractivity contribution in [2.75, 3.05) is 6.61 Å². The van der Waals surface area contributed by atoms with Gasteiger partial charge in [0.15, 0.2) is 0 Å². The van der Waals surface area contributed by atoms with Gasteiger partial charge in [-0.05, 0) is 38.2 Å². The van der Waals surface area contributed by atoms with Crippen LogP contribution in [0.3, 0.4) is 0 Å². The molecule has 0 radical (unpaired) electrons. The molecule has 1 saturated heterocycles. The summed E-state index contributed by atoms with van der Waals surface area (Å²) in [6.45, 7) is 4.07. The van der Waals surface area contributed by atoms with E-state index in [1.807, 2.05) is 25.1 Å². The average molecular weight is 460 g/mol. The van der Waals surface area contributed by atoms with Gasteiger partial charge in [-0.15, -0.1) is 0 Å². The molecular weight excluding hydrogens is 414 g/mol. The average Bonchev–Trinajstić information content (AvgIpc) is 3.55. The van der Waals surface area contributed by atoms with Crippen molar-refractivity contribution in [3.8, 4) is 0 Å². The van der Waals surface area contributed by atoms with Gasteiger partial charge in [0.25, 0.3) is 0 Å². The predicted octanol–water partition coefficient (Wildman–Crippen LogP) is 6.66. The van der Waals surface area contributed by atoms with E-state index < -0.39 is 0 Å². The Bertz CT molecular complexity index is 663. The van der Waals surface area contributed by atoms with Crippen LogP contribution in [0, 0.1) is 0 Å². The minimum absolute atomic E-state index is 0.0731. The maximum Gasteiger partial charge on any atom is 0.302 e. The molecule has 5 nitrogen and oxygen atoms in total. The van der Waals surface area contributed by atoms with Gasteiger partial charge in [0, 0.05) is 13.3 Å². The van der Waals surface area contributed by atoms with E-state index in [0.29, 0.717) is 25.2 Å². The van der Waals surface area contributed by atoms with E-state index in [2.05, 4.69) is 17.4 Å². The molecule has 0 aromatic heterocycles. The van der Waals surface area contributed by atoms with Gasteiger partial charge in [0.1, 0.15) is 0 Å². The first kappa shape index (κ1) is 27.4. The molecular formula is C28H45NO4. The highest BCUT2D eigenvalue weighted by Crippen LogP contribution is 2.31. The lowest BCUT2D eigenvalue weighted by molar-refractivity contribution is -0.141. The van der Waals surface area contributed by atoms with E-state index in [9.17, 15) is 9.59 Å². The van der Waals surface area contributed by atoms with E-state index in [1.54, 1.807) is 0 Å². The third kappa shape index (κ3) is 13.4. The molecule has 5 heteroatoms. The van der Waals surface area contributed by atoms with Crippen LogP contribution in [-0.2, 0) is 19.1 Å². The lowest BCUT2D eigenvalue weighted by atomic mass is 10.0. The van der Waals surface area contributed by atoms with E-state index in [-0.39, 0.29) is 17.9 Å². The van der Waals surface area contributed by atoms with E-state index in [0.717, 1.165) is 31.2 Å². The summed E-state index contributed by atoms with van der Waals surface area (Å²) in [5.74, 6) is -0.0227. The first-order valence-electron chi connectivity index (χ1n) is 13.2. The van der Waals surface area contributed by atoms with Crippen LogP contribution in [0.15, 0.2) is 30.3 Å². The summed E-state index contributed by atoms with van der Waals surface area (Å²) in [4.78, 5) is 22.8. The molecule has 0 spiro atoms. The highest BCUT2D eigenvalue weighted by atomic mass is 16.6.